The first kappa shape index (κ1) is 25.9. The van der Waals surface area contributed by atoms with E-state index in [2.05, 4.69) is 35.1 Å². The van der Waals surface area contributed by atoms with Crippen LogP contribution >= 0.6 is 0 Å². The minimum atomic E-state index is -0.493. The van der Waals surface area contributed by atoms with Crippen LogP contribution in [0, 0.1) is 23.6 Å². The van der Waals surface area contributed by atoms with Crippen molar-refractivity contribution >= 4 is 27.6 Å². The smallest absolute Gasteiger partial charge is 0.320 e. The van der Waals surface area contributed by atoms with Gasteiger partial charge in [-0.2, -0.15) is 9.97 Å². The molecule has 2 aromatic heterocycles. The van der Waals surface area contributed by atoms with Gasteiger partial charge in [-0.25, -0.2) is 9.37 Å². The van der Waals surface area contributed by atoms with Crippen molar-refractivity contribution in [2.24, 2.45) is 5.41 Å². The van der Waals surface area contributed by atoms with Crippen molar-refractivity contribution in [1.82, 2.24) is 25.2 Å². The van der Waals surface area contributed by atoms with Gasteiger partial charge in [-0.05, 0) is 75.5 Å². The molecule has 0 radical (unpaired) electrons. The van der Waals surface area contributed by atoms with Crippen molar-refractivity contribution in [1.29, 1.82) is 0 Å². The number of phenols is 1. The van der Waals surface area contributed by atoms with Crippen LogP contribution in [0.5, 0.6) is 11.8 Å². The maximum absolute atomic E-state index is 14.7. The Labute approximate surface area is 238 Å². The summed E-state index contributed by atoms with van der Waals surface area (Å²) >= 11 is 0. The summed E-state index contributed by atoms with van der Waals surface area (Å²) in [5.74, 6) is 2.85. The third kappa shape index (κ3) is 4.81. The SMILES string of the molecule is C#Cc1c(F)ccc2cc(O)cc(-c3ccc4c(N5CC6CCC(C5)N6)nc(OCC5(CN(C)C)CC5)nc4n3)c12. The molecule has 2 saturated heterocycles. The van der Waals surface area contributed by atoms with Crippen LogP contribution in [0.1, 0.15) is 31.2 Å². The molecular weight excluding hydrogens is 519 g/mol. The lowest BCUT2D eigenvalue weighted by Gasteiger charge is -2.34. The number of nitrogens with one attached hydrogen (secondary N) is 1. The standard InChI is InChI=1S/C32H33FN6O2/c1-4-23-26(33)9-5-19-13-22(40)14-25(28(19)23)27-10-8-24-29(35-27)36-31(41-18-32(11-12-32)17-38(2)3)37-30(24)39-15-20-6-7-21(16-39)34-20/h1,5,8-10,13-14,20-21,34,40H,6-7,11-12,15-18H2,2-3H3. The number of aromatic hydroxyl groups is 1. The minimum absolute atomic E-state index is 0.0447. The van der Waals surface area contributed by atoms with E-state index in [4.69, 9.17) is 26.1 Å². The molecule has 4 aromatic rings. The highest BCUT2D eigenvalue weighted by Crippen LogP contribution is 2.46. The number of benzene rings is 2. The number of pyridine rings is 1. The molecule has 9 heteroatoms. The lowest BCUT2D eigenvalue weighted by Crippen LogP contribution is -2.51. The second kappa shape index (κ2) is 9.82. The number of hydrogen-bond donors (Lipinski definition) is 2. The van der Waals surface area contributed by atoms with E-state index in [-0.39, 0.29) is 16.7 Å². The largest absolute Gasteiger partial charge is 0.508 e. The molecule has 41 heavy (non-hydrogen) atoms. The van der Waals surface area contributed by atoms with E-state index in [1.165, 1.54) is 6.07 Å². The van der Waals surface area contributed by atoms with Gasteiger partial charge in [-0.1, -0.05) is 12.0 Å². The van der Waals surface area contributed by atoms with E-state index in [0.717, 1.165) is 56.5 Å². The molecular formula is C32H33FN6O2. The van der Waals surface area contributed by atoms with Crippen molar-refractivity contribution in [2.75, 3.05) is 45.2 Å². The number of nitrogens with zero attached hydrogens (tertiary/aromatic N) is 5. The molecule has 1 saturated carbocycles. The number of aromatic nitrogens is 3. The molecule has 8 nitrogen and oxygen atoms in total. The lowest BCUT2D eigenvalue weighted by atomic mass is 9.96. The number of ether oxygens (including phenoxy) is 1. The van der Waals surface area contributed by atoms with E-state index < -0.39 is 5.82 Å². The van der Waals surface area contributed by atoms with Crippen molar-refractivity contribution in [3.05, 3.63) is 47.8 Å². The predicted molar refractivity (Wildman–Crippen MR) is 158 cm³/mol. The summed E-state index contributed by atoms with van der Waals surface area (Å²) in [5.41, 5.74) is 1.82. The Kier molecular flexibility index (Phi) is 6.21. The van der Waals surface area contributed by atoms with Gasteiger partial charge < -0.3 is 25.0 Å². The molecule has 3 fully saturated rings. The van der Waals surface area contributed by atoms with Crippen LogP contribution in [0.2, 0.25) is 0 Å². The van der Waals surface area contributed by atoms with E-state index in [9.17, 15) is 9.50 Å². The van der Waals surface area contributed by atoms with Gasteiger partial charge in [0.1, 0.15) is 17.4 Å². The molecule has 210 valence electrons. The van der Waals surface area contributed by atoms with Gasteiger partial charge >= 0.3 is 6.01 Å². The Morgan fingerprint density at radius 2 is 1.90 bits per heavy atom. The Morgan fingerprint density at radius 1 is 1.12 bits per heavy atom. The summed E-state index contributed by atoms with van der Waals surface area (Å²) in [4.78, 5) is 19.1. The van der Waals surface area contributed by atoms with E-state index in [1.807, 2.05) is 12.1 Å². The maximum atomic E-state index is 14.7. The highest BCUT2D eigenvalue weighted by atomic mass is 19.1. The molecule has 1 aliphatic carbocycles. The topological polar surface area (TPSA) is 86.6 Å². The number of fused-ring (bicyclic) bond motifs is 4. The fourth-order valence-corrected chi connectivity index (χ4v) is 6.58. The highest BCUT2D eigenvalue weighted by molar-refractivity contribution is 6.02. The fourth-order valence-electron chi connectivity index (χ4n) is 6.58. The molecule has 0 amide bonds. The monoisotopic (exact) mass is 552 g/mol. The average Bonchev–Trinajstić information content (AvgIpc) is 3.63. The summed E-state index contributed by atoms with van der Waals surface area (Å²) < 4.78 is 21.0. The number of piperazine rings is 1. The van der Waals surface area contributed by atoms with Gasteiger partial charge in [-0.3, -0.25) is 0 Å². The van der Waals surface area contributed by atoms with Gasteiger partial charge in [0, 0.05) is 48.1 Å². The highest BCUT2D eigenvalue weighted by Gasteiger charge is 2.44. The summed E-state index contributed by atoms with van der Waals surface area (Å²) in [5, 5.41) is 16.2. The zero-order valence-corrected chi connectivity index (χ0v) is 23.3. The molecule has 2 bridgehead atoms. The van der Waals surface area contributed by atoms with Crippen LogP contribution in [0.25, 0.3) is 33.1 Å². The second-order valence-corrected chi connectivity index (χ2v) is 12.1. The molecule has 3 aliphatic rings. The summed E-state index contributed by atoms with van der Waals surface area (Å²) in [7, 11) is 4.16. The molecule has 0 spiro atoms. The van der Waals surface area contributed by atoms with Gasteiger partial charge in [-0.15, -0.1) is 6.42 Å². The van der Waals surface area contributed by atoms with Crippen LogP contribution < -0.4 is 15.0 Å². The van der Waals surface area contributed by atoms with E-state index >= 15 is 0 Å². The van der Waals surface area contributed by atoms with Crippen LogP contribution in [-0.4, -0.2) is 77.4 Å². The van der Waals surface area contributed by atoms with Gasteiger partial charge in [0.15, 0.2) is 5.65 Å². The minimum Gasteiger partial charge on any atom is -0.508 e. The van der Waals surface area contributed by atoms with Gasteiger partial charge in [0.25, 0.3) is 0 Å². The molecule has 7 rings (SSSR count). The van der Waals surface area contributed by atoms with Crippen molar-refractivity contribution in [2.45, 2.75) is 37.8 Å². The molecule has 2 unspecified atom stereocenters. The molecule has 2 atom stereocenters. The first-order valence-corrected chi connectivity index (χ1v) is 14.2. The van der Waals surface area contributed by atoms with Crippen LogP contribution in [0.3, 0.4) is 0 Å². The number of halogens is 1. The number of anilines is 1. The number of phenolic OH excluding ortho intramolecular Hbond substituents is 1. The Morgan fingerprint density at radius 3 is 2.61 bits per heavy atom. The normalized spacial score (nSPS) is 21.0. The zero-order chi connectivity index (χ0) is 28.3. The quantitative estimate of drug-likeness (QED) is 0.328. The van der Waals surface area contributed by atoms with Crippen molar-refractivity contribution in [3.8, 4) is 35.4 Å². The van der Waals surface area contributed by atoms with Gasteiger partial charge in [0.2, 0.25) is 0 Å². The average molecular weight is 553 g/mol. The second-order valence-electron chi connectivity index (χ2n) is 12.1. The third-order valence-corrected chi connectivity index (χ3v) is 8.62. The Hall–Kier alpha value is -4.00. The van der Waals surface area contributed by atoms with Crippen molar-refractivity contribution in [3.63, 3.8) is 0 Å². The summed E-state index contributed by atoms with van der Waals surface area (Å²) in [6.07, 6.45) is 10.3. The van der Waals surface area contributed by atoms with Crippen LogP contribution in [0.4, 0.5) is 10.2 Å². The van der Waals surface area contributed by atoms with Crippen LogP contribution in [-0.2, 0) is 0 Å². The Bertz CT molecular complexity index is 1700. The fraction of sp³-hybridized carbons (Fsp3) is 0.406. The zero-order valence-electron chi connectivity index (χ0n) is 23.3. The van der Waals surface area contributed by atoms with Gasteiger partial charge in [0.05, 0.1) is 23.3 Å². The first-order chi connectivity index (χ1) is 19.8. The predicted octanol–water partition coefficient (Wildman–Crippen LogP) is 4.33. The molecule has 2 aromatic carbocycles. The molecule has 2 N–H and O–H groups in total. The Balaban J connectivity index is 1.34. The molecule has 2 aliphatic heterocycles. The summed E-state index contributed by atoms with van der Waals surface area (Å²) in [6, 6.07) is 11.1. The van der Waals surface area contributed by atoms with E-state index in [1.54, 1.807) is 18.2 Å². The number of rotatable bonds is 7. The maximum Gasteiger partial charge on any atom is 0.320 e. The van der Waals surface area contributed by atoms with Crippen LogP contribution in [0.15, 0.2) is 36.4 Å². The first-order valence-electron chi connectivity index (χ1n) is 14.2. The third-order valence-electron chi connectivity index (χ3n) is 8.62. The lowest BCUT2D eigenvalue weighted by molar-refractivity contribution is 0.183. The molecule has 4 heterocycles. The summed E-state index contributed by atoms with van der Waals surface area (Å²) in [6.45, 7) is 3.22. The van der Waals surface area contributed by atoms with E-state index in [0.29, 0.717) is 52.4 Å². The van der Waals surface area contributed by atoms with Crippen molar-refractivity contribution < 1.29 is 14.2 Å². The number of hydrogen-bond acceptors (Lipinski definition) is 8. The number of terminal acetylenes is 1.